The molecular weight excluding hydrogens is 358 g/mol. The number of aromatic nitrogens is 1. The number of aryl methyl sites for hydroxylation is 2. The van der Waals surface area contributed by atoms with Gasteiger partial charge in [-0.05, 0) is 62.6 Å². The maximum atomic E-state index is 9.28. The second-order valence-corrected chi connectivity index (χ2v) is 8.42. The molecule has 0 saturated carbocycles. The van der Waals surface area contributed by atoms with E-state index in [0.29, 0.717) is 6.54 Å². The Morgan fingerprint density at radius 2 is 2.22 bits per heavy atom. The zero-order valence-corrected chi connectivity index (χ0v) is 16.9. The molecule has 1 saturated heterocycles. The van der Waals surface area contributed by atoms with Gasteiger partial charge in [0.25, 0.3) is 0 Å². The number of aliphatic hydroxyl groups excluding tert-OH is 1. The Bertz CT molecular complexity index is 862. The average molecular weight is 386 g/mol. The van der Waals surface area contributed by atoms with Crippen LogP contribution < -0.4 is 0 Å². The lowest BCUT2D eigenvalue weighted by atomic mass is 10.1. The number of aliphatic imine (C=N–C) groups is 1. The lowest BCUT2D eigenvalue weighted by Gasteiger charge is -2.31. The van der Waals surface area contributed by atoms with E-state index in [0.717, 1.165) is 54.7 Å². The molecular formula is C21H27N3O2S. The summed E-state index contributed by atoms with van der Waals surface area (Å²) in [7, 11) is 0. The first-order valence-electron chi connectivity index (χ1n) is 9.74. The SMILES string of the molecule is Cc1cc(C)c2nc3c(cc2c1)CN(CCCO)C(=NC[C@@H]1CCCO1)S3. The molecule has 2 aliphatic heterocycles. The van der Waals surface area contributed by atoms with Crippen LogP contribution in [0.15, 0.2) is 28.2 Å². The first-order chi connectivity index (χ1) is 13.1. The van der Waals surface area contributed by atoms with Gasteiger partial charge in [0.2, 0.25) is 0 Å². The third-order valence-electron chi connectivity index (χ3n) is 5.15. The average Bonchev–Trinajstić information content (AvgIpc) is 3.16. The molecule has 0 radical (unpaired) electrons. The summed E-state index contributed by atoms with van der Waals surface area (Å²) < 4.78 is 5.72. The Morgan fingerprint density at radius 3 is 3.00 bits per heavy atom. The van der Waals surface area contributed by atoms with Gasteiger partial charge in [-0.15, -0.1) is 0 Å². The van der Waals surface area contributed by atoms with Gasteiger partial charge < -0.3 is 14.7 Å². The lowest BCUT2D eigenvalue weighted by molar-refractivity contribution is 0.117. The van der Waals surface area contributed by atoms with Crippen molar-refractivity contribution in [3.63, 3.8) is 0 Å². The Kier molecular flexibility index (Phi) is 5.66. The van der Waals surface area contributed by atoms with E-state index in [4.69, 9.17) is 14.7 Å². The minimum absolute atomic E-state index is 0.196. The van der Waals surface area contributed by atoms with E-state index >= 15 is 0 Å². The van der Waals surface area contributed by atoms with E-state index in [1.165, 1.54) is 22.1 Å². The molecule has 0 spiro atoms. The molecule has 3 heterocycles. The monoisotopic (exact) mass is 385 g/mol. The molecule has 2 aromatic rings. The molecule has 1 atom stereocenters. The number of ether oxygens (including phenoxy) is 1. The van der Waals surface area contributed by atoms with Crippen molar-refractivity contribution in [3.8, 4) is 0 Å². The largest absolute Gasteiger partial charge is 0.396 e. The molecule has 27 heavy (non-hydrogen) atoms. The zero-order chi connectivity index (χ0) is 18.8. The van der Waals surface area contributed by atoms with E-state index in [1.54, 1.807) is 11.8 Å². The Morgan fingerprint density at radius 1 is 1.33 bits per heavy atom. The third kappa shape index (κ3) is 4.13. The molecule has 2 aliphatic rings. The quantitative estimate of drug-likeness (QED) is 0.851. The first kappa shape index (κ1) is 18.7. The van der Waals surface area contributed by atoms with Gasteiger partial charge in [-0.2, -0.15) is 0 Å². The Labute approximate surface area is 164 Å². The van der Waals surface area contributed by atoms with Crippen molar-refractivity contribution in [1.29, 1.82) is 0 Å². The summed E-state index contributed by atoms with van der Waals surface area (Å²) in [5.74, 6) is 0. The van der Waals surface area contributed by atoms with Crippen LogP contribution in [0.25, 0.3) is 10.9 Å². The van der Waals surface area contributed by atoms with Crippen LogP contribution in [0.3, 0.4) is 0 Å². The Balaban J connectivity index is 1.65. The molecule has 1 aromatic heterocycles. The third-order valence-corrected chi connectivity index (χ3v) is 6.27. The number of thioether (sulfide) groups is 1. The molecule has 0 amide bonds. The van der Waals surface area contributed by atoms with Crippen LogP contribution in [0.4, 0.5) is 0 Å². The maximum absolute atomic E-state index is 9.28. The number of fused-ring (bicyclic) bond motifs is 2. The predicted molar refractivity (Wildman–Crippen MR) is 110 cm³/mol. The smallest absolute Gasteiger partial charge is 0.165 e. The van der Waals surface area contributed by atoms with Crippen LogP contribution in [-0.2, 0) is 11.3 Å². The van der Waals surface area contributed by atoms with Gasteiger partial charge in [0.05, 0.1) is 18.2 Å². The Hall–Kier alpha value is -1.63. The summed E-state index contributed by atoms with van der Waals surface area (Å²) in [6.45, 7) is 7.61. The highest BCUT2D eigenvalue weighted by Gasteiger charge is 2.25. The van der Waals surface area contributed by atoms with Gasteiger partial charge in [-0.25, -0.2) is 4.98 Å². The zero-order valence-electron chi connectivity index (χ0n) is 16.1. The van der Waals surface area contributed by atoms with Crippen molar-refractivity contribution in [1.82, 2.24) is 9.88 Å². The van der Waals surface area contributed by atoms with Crippen molar-refractivity contribution < 1.29 is 9.84 Å². The second-order valence-electron chi connectivity index (χ2n) is 7.47. The summed E-state index contributed by atoms with van der Waals surface area (Å²) in [4.78, 5) is 12.1. The number of benzene rings is 1. The number of amidine groups is 1. The molecule has 1 fully saturated rings. The molecule has 1 aromatic carbocycles. The predicted octanol–water partition coefficient (Wildman–Crippen LogP) is 3.68. The molecule has 0 aliphatic carbocycles. The highest BCUT2D eigenvalue weighted by Crippen LogP contribution is 2.34. The molecule has 0 bridgehead atoms. The highest BCUT2D eigenvalue weighted by molar-refractivity contribution is 8.13. The van der Waals surface area contributed by atoms with Crippen molar-refractivity contribution in [2.24, 2.45) is 4.99 Å². The molecule has 5 nitrogen and oxygen atoms in total. The van der Waals surface area contributed by atoms with E-state index in [2.05, 4.69) is 36.9 Å². The fourth-order valence-corrected chi connectivity index (χ4v) is 4.83. The second kappa shape index (κ2) is 8.17. The van der Waals surface area contributed by atoms with Crippen LogP contribution in [-0.4, -0.2) is 52.6 Å². The van der Waals surface area contributed by atoms with Crippen molar-refractivity contribution in [3.05, 3.63) is 34.9 Å². The van der Waals surface area contributed by atoms with Crippen LogP contribution in [0.2, 0.25) is 0 Å². The minimum Gasteiger partial charge on any atom is -0.396 e. The van der Waals surface area contributed by atoms with Gasteiger partial charge in [-0.3, -0.25) is 4.99 Å². The standard InChI is InChI=1S/C21H27N3O2S/c1-14-9-15(2)19-16(10-14)11-17-13-24(6-4-7-25)21(27-20(17)23-19)22-12-18-5-3-8-26-18/h9-11,18,25H,3-8,12-13H2,1-2H3/t18-/m0/s1. The van der Waals surface area contributed by atoms with Gasteiger partial charge in [0, 0.05) is 37.3 Å². The van der Waals surface area contributed by atoms with E-state index < -0.39 is 0 Å². The summed E-state index contributed by atoms with van der Waals surface area (Å²) >= 11 is 1.65. The first-order valence-corrected chi connectivity index (χ1v) is 10.6. The van der Waals surface area contributed by atoms with Crippen LogP contribution in [0.5, 0.6) is 0 Å². The molecule has 1 N–H and O–H groups in total. The lowest BCUT2D eigenvalue weighted by Crippen LogP contribution is -2.34. The van der Waals surface area contributed by atoms with Gasteiger partial charge >= 0.3 is 0 Å². The minimum atomic E-state index is 0.196. The van der Waals surface area contributed by atoms with Gasteiger partial charge in [0.1, 0.15) is 5.03 Å². The van der Waals surface area contributed by atoms with Crippen LogP contribution >= 0.6 is 11.8 Å². The number of hydrogen-bond acceptors (Lipinski definition) is 5. The topological polar surface area (TPSA) is 58.0 Å². The van der Waals surface area contributed by atoms with Gasteiger partial charge in [0.15, 0.2) is 5.17 Å². The summed E-state index contributed by atoms with van der Waals surface area (Å²) in [5, 5.41) is 12.5. The molecule has 6 heteroatoms. The molecule has 4 rings (SSSR count). The highest BCUT2D eigenvalue weighted by atomic mass is 32.2. The van der Waals surface area contributed by atoms with Crippen molar-refractivity contribution in [2.45, 2.75) is 50.8 Å². The van der Waals surface area contributed by atoms with E-state index in [-0.39, 0.29) is 12.7 Å². The summed E-state index contributed by atoms with van der Waals surface area (Å²) in [5.41, 5.74) is 4.80. The maximum Gasteiger partial charge on any atom is 0.165 e. The van der Waals surface area contributed by atoms with Crippen molar-refractivity contribution in [2.75, 3.05) is 26.3 Å². The summed E-state index contributed by atoms with van der Waals surface area (Å²) in [6.07, 6.45) is 3.21. The van der Waals surface area contributed by atoms with Crippen LogP contribution in [0, 0.1) is 13.8 Å². The number of aliphatic hydroxyl groups is 1. The molecule has 144 valence electrons. The number of rotatable bonds is 5. The van der Waals surface area contributed by atoms with Gasteiger partial charge in [-0.1, -0.05) is 11.6 Å². The van der Waals surface area contributed by atoms with E-state index in [1.807, 2.05) is 0 Å². The summed E-state index contributed by atoms with van der Waals surface area (Å²) in [6, 6.07) is 6.67. The normalized spacial score (nSPS) is 21.2. The van der Waals surface area contributed by atoms with Crippen molar-refractivity contribution >= 4 is 27.8 Å². The number of hydrogen-bond donors (Lipinski definition) is 1. The number of pyridine rings is 1. The van der Waals surface area contributed by atoms with Crippen LogP contribution in [0.1, 0.15) is 36.0 Å². The number of nitrogens with zero attached hydrogens (tertiary/aromatic N) is 3. The van der Waals surface area contributed by atoms with E-state index in [9.17, 15) is 5.11 Å². The fourth-order valence-electron chi connectivity index (χ4n) is 3.84. The fraction of sp³-hybridized carbons (Fsp3) is 0.524. The molecule has 0 unspecified atom stereocenters.